The van der Waals surface area contributed by atoms with Crippen LogP contribution in [0, 0.1) is 3.57 Å². The van der Waals surface area contributed by atoms with Crippen LogP contribution in [0.4, 0.5) is 0 Å². The lowest BCUT2D eigenvalue weighted by Gasteiger charge is -2.26. The number of hydrogen-bond donors (Lipinski definition) is 1. The van der Waals surface area contributed by atoms with Crippen LogP contribution in [0.25, 0.3) is 0 Å². The van der Waals surface area contributed by atoms with E-state index in [1.165, 1.54) is 3.57 Å². The highest BCUT2D eigenvalue weighted by molar-refractivity contribution is 14.1. The first-order valence-corrected chi connectivity index (χ1v) is 6.42. The van der Waals surface area contributed by atoms with E-state index in [1.54, 1.807) is 0 Å². The number of aliphatic hydroxyl groups is 1. The summed E-state index contributed by atoms with van der Waals surface area (Å²) in [6, 6.07) is 8.05. The minimum Gasteiger partial charge on any atom is -0.490 e. The molecule has 1 fully saturated rings. The predicted molar refractivity (Wildman–Crippen MR) is 68.0 cm³/mol. The summed E-state index contributed by atoms with van der Waals surface area (Å²) < 4.78 is 7.03. The first kappa shape index (κ1) is 11.2. The Labute approximate surface area is 104 Å². The summed E-state index contributed by atoms with van der Waals surface area (Å²) in [6.07, 6.45) is 3.83. The average Bonchev–Trinajstić information content (AvgIpc) is 2.22. The van der Waals surface area contributed by atoms with Crippen molar-refractivity contribution in [2.75, 3.05) is 0 Å². The standard InChI is InChI=1S/C12H15IO2/c13-9-4-6-11(7-5-9)15-12-3-1-2-10(14)8-12/h4-7,10,12,14H,1-3,8H2. The van der Waals surface area contributed by atoms with E-state index < -0.39 is 0 Å². The molecule has 1 N–H and O–H groups in total. The molecule has 0 aliphatic heterocycles. The number of halogens is 1. The van der Waals surface area contributed by atoms with Crippen LogP contribution in [-0.4, -0.2) is 17.3 Å². The second-order valence-corrected chi connectivity index (χ2v) is 5.26. The Morgan fingerprint density at radius 3 is 2.60 bits per heavy atom. The van der Waals surface area contributed by atoms with E-state index in [0.29, 0.717) is 0 Å². The maximum atomic E-state index is 9.52. The highest BCUT2D eigenvalue weighted by atomic mass is 127. The summed E-state index contributed by atoms with van der Waals surface area (Å²) in [5.41, 5.74) is 0. The molecule has 1 aliphatic rings. The molecule has 1 saturated carbocycles. The van der Waals surface area contributed by atoms with Crippen LogP contribution in [-0.2, 0) is 0 Å². The Morgan fingerprint density at radius 2 is 1.93 bits per heavy atom. The topological polar surface area (TPSA) is 29.5 Å². The molecule has 15 heavy (non-hydrogen) atoms. The molecular formula is C12H15IO2. The molecule has 0 amide bonds. The van der Waals surface area contributed by atoms with Crippen LogP contribution in [0.2, 0.25) is 0 Å². The maximum Gasteiger partial charge on any atom is 0.119 e. The normalized spacial score (nSPS) is 26.3. The first-order valence-electron chi connectivity index (χ1n) is 5.34. The van der Waals surface area contributed by atoms with Crippen LogP contribution in [0.5, 0.6) is 5.75 Å². The Morgan fingerprint density at radius 1 is 1.20 bits per heavy atom. The fourth-order valence-electron chi connectivity index (χ4n) is 1.93. The van der Waals surface area contributed by atoms with Gasteiger partial charge in [0.25, 0.3) is 0 Å². The second-order valence-electron chi connectivity index (χ2n) is 4.01. The van der Waals surface area contributed by atoms with E-state index in [2.05, 4.69) is 22.6 Å². The van der Waals surface area contributed by atoms with Crippen molar-refractivity contribution >= 4 is 22.6 Å². The molecule has 2 nitrogen and oxygen atoms in total. The van der Waals surface area contributed by atoms with Crippen molar-refractivity contribution in [3.8, 4) is 5.75 Å². The molecular weight excluding hydrogens is 303 g/mol. The van der Waals surface area contributed by atoms with Gasteiger partial charge < -0.3 is 9.84 Å². The molecule has 3 heteroatoms. The summed E-state index contributed by atoms with van der Waals surface area (Å²) in [5, 5.41) is 9.52. The van der Waals surface area contributed by atoms with E-state index in [-0.39, 0.29) is 12.2 Å². The summed E-state index contributed by atoms with van der Waals surface area (Å²) in [5.74, 6) is 0.912. The fraction of sp³-hybridized carbons (Fsp3) is 0.500. The molecule has 2 rings (SSSR count). The molecule has 1 aliphatic carbocycles. The molecule has 82 valence electrons. The van der Waals surface area contributed by atoms with Crippen LogP contribution in [0.1, 0.15) is 25.7 Å². The minimum absolute atomic E-state index is 0.174. The van der Waals surface area contributed by atoms with Gasteiger partial charge in [0, 0.05) is 9.99 Å². The smallest absolute Gasteiger partial charge is 0.119 e. The first-order chi connectivity index (χ1) is 7.24. The quantitative estimate of drug-likeness (QED) is 0.850. The Hall–Kier alpha value is -0.290. The molecule has 2 atom stereocenters. The Bertz CT molecular complexity index is 310. The molecule has 0 saturated heterocycles. The van der Waals surface area contributed by atoms with Crippen molar-refractivity contribution < 1.29 is 9.84 Å². The van der Waals surface area contributed by atoms with Gasteiger partial charge in [0.2, 0.25) is 0 Å². The molecule has 2 unspecified atom stereocenters. The Balaban J connectivity index is 1.93. The zero-order chi connectivity index (χ0) is 10.7. The van der Waals surface area contributed by atoms with Gasteiger partial charge in [-0.3, -0.25) is 0 Å². The summed E-state index contributed by atoms with van der Waals surface area (Å²) in [6.45, 7) is 0. The largest absolute Gasteiger partial charge is 0.490 e. The third kappa shape index (κ3) is 3.34. The molecule has 1 aromatic carbocycles. The molecule has 0 bridgehead atoms. The summed E-state index contributed by atoms with van der Waals surface area (Å²) in [7, 11) is 0. The second kappa shape index (κ2) is 5.16. The maximum absolute atomic E-state index is 9.52. The minimum atomic E-state index is -0.174. The third-order valence-corrected chi connectivity index (χ3v) is 3.43. The van der Waals surface area contributed by atoms with Crippen LogP contribution < -0.4 is 4.74 Å². The fourth-order valence-corrected chi connectivity index (χ4v) is 2.29. The molecule has 1 aromatic rings. The molecule has 0 heterocycles. The van der Waals surface area contributed by atoms with Crippen LogP contribution in [0.15, 0.2) is 24.3 Å². The van der Waals surface area contributed by atoms with Gasteiger partial charge in [-0.15, -0.1) is 0 Å². The summed E-state index contributed by atoms with van der Waals surface area (Å²) in [4.78, 5) is 0. The third-order valence-electron chi connectivity index (χ3n) is 2.71. The van der Waals surface area contributed by atoms with Crippen molar-refractivity contribution in [3.63, 3.8) is 0 Å². The highest BCUT2D eigenvalue weighted by Crippen LogP contribution is 2.24. The number of aliphatic hydroxyl groups excluding tert-OH is 1. The van der Waals surface area contributed by atoms with Crippen molar-refractivity contribution in [1.82, 2.24) is 0 Å². The van der Waals surface area contributed by atoms with Gasteiger partial charge in [-0.2, -0.15) is 0 Å². The van der Waals surface area contributed by atoms with Crippen LogP contribution in [0.3, 0.4) is 0 Å². The molecule has 0 aromatic heterocycles. The van der Waals surface area contributed by atoms with E-state index >= 15 is 0 Å². The lowest BCUT2D eigenvalue weighted by Crippen LogP contribution is -2.28. The predicted octanol–water partition coefficient (Wildman–Crippen LogP) is 2.97. The van der Waals surface area contributed by atoms with Gasteiger partial charge in [-0.1, -0.05) is 0 Å². The lowest BCUT2D eigenvalue weighted by molar-refractivity contribution is 0.0536. The van der Waals surface area contributed by atoms with Gasteiger partial charge in [0.15, 0.2) is 0 Å². The monoisotopic (exact) mass is 318 g/mol. The van der Waals surface area contributed by atoms with Gasteiger partial charge in [-0.05, 0) is 66.1 Å². The summed E-state index contributed by atoms with van der Waals surface area (Å²) >= 11 is 2.27. The lowest BCUT2D eigenvalue weighted by atomic mass is 9.95. The van der Waals surface area contributed by atoms with Gasteiger partial charge in [-0.25, -0.2) is 0 Å². The van der Waals surface area contributed by atoms with Crippen molar-refractivity contribution in [2.24, 2.45) is 0 Å². The van der Waals surface area contributed by atoms with E-state index in [0.717, 1.165) is 31.4 Å². The Kier molecular flexibility index (Phi) is 3.86. The van der Waals surface area contributed by atoms with E-state index in [1.807, 2.05) is 24.3 Å². The molecule has 0 radical (unpaired) electrons. The average molecular weight is 318 g/mol. The van der Waals surface area contributed by atoms with Crippen molar-refractivity contribution in [1.29, 1.82) is 0 Å². The van der Waals surface area contributed by atoms with Gasteiger partial charge in [0.05, 0.1) is 6.10 Å². The van der Waals surface area contributed by atoms with Crippen LogP contribution >= 0.6 is 22.6 Å². The van der Waals surface area contributed by atoms with E-state index in [4.69, 9.17) is 4.74 Å². The zero-order valence-corrected chi connectivity index (χ0v) is 10.7. The van der Waals surface area contributed by atoms with Crippen molar-refractivity contribution in [2.45, 2.75) is 37.9 Å². The van der Waals surface area contributed by atoms with Crippen molar-refractivity contribution in [3.05, 3.63) is 27.8 Å². The number of ether oxygens (including phenoxy) is 1. The zero-order valence-electron chi connectivity index (χ0n) is 8.53. The van der Waals surface area contributed by atoms with E-state index in [9.17, 15) is 5.11 Å². The highest BCUT2D eigenvalue weighted by Gasteiger charge is 2.21. The SMILES string of the molecule is OC1CCCC(Oc2ccc(I)cc2)C1. The number of benzene rings is 1. The molecule has 0 spiro atoms. The number of rotatable bonds is 2. The van der Waals surface area contributed by atoms with Gasteiger partial charge >= 0.3 is 0 Å². The number of hydrogen-bond acceptors (Lipinski definition) is 2. The van der Waals surface area contributed by atoms with Gasteiger partial charge in [0.1, 0.15) is 11.9 Å².